The Balaban J connectivity index is 2.03. The van der Waals surface area contributed by atoms with Crippen LogP contribution in [0.15, 0.2) is 18.3 Å². The van der Waals surface area contributed by atoms with Crippen molar-refractivity contribution in [3.8, 4) is 0 Å². The van der Waals surface area contributed by atoms with E-state index in [9.17, 15) is 13.6 Å². The van der Waals surface area contributed by atoms with Crippen molar-refractivity contribution in [1.82, 2.24) is 20.1 Å². The van der Waals surface area contributed by atoms with Gasteiger partial charge in [0.1, 0.15) is 5.82 Å². The van der Waals surface area contributed by atoms with Crippen LogP contribution in [0.3, 0.4) is 0 Å². The van der Waals surface area contributed by atoms with Crippen LogP contribution in [-0.2, 0) is 6.54 Å². The van der Waals surface area contributed by atoms with Gasteiger partial charge in [0.15, 0.2) is 11.5 Å². The lowest BCUT2D eigenvalue weighted by molar-refractivity contribution is 0.0926. The van der Waals surface area contributed by atoms with Crippen LogP contribution in [-0.4, -0.2) is 26.7 Å². The Labute approximate surface area is 121 Å². The van der Waals surface area contributed by atoms with Crippen molar-refractivity contribution in [3.05, 3.63) is 47.0 Å². The van der Waals surface area contributed by atoms with Gasteiger partial charge in [0.25, 0.3) is 5.91 Å². The first-order valence-corrected chi connectivity index (χ1v) is 6.49. The van der Waals surface area contributed by atoms with Gasteiger partial charge in [0.2, 0.25) is 0 Å². The van der Waals surface area contributed by atoms with Gasteiger partial charge in [-0.3, -0.25) is 9.48 Å². The Morgan fingerprint density at radius 1 is 1.38 bits per heavy atom. The first-order chi connectivity index (χ1) is 9.86. The van der Waals surface area contributed by atoms with Gasteiger partial charge < -0.3 is 5.32 Å². The Bertz CT molecular complexity index is 669. The fraction of sp³-hybridized carbons (Fsp3) is 0.357. The molecule has 1 N–H and O–H groups in total. The first kappa shape index (κ1) is 15.1. The molecule has 5 nitrogen and oxygen atoms in total. The number of amides is 1. The number of halogens is 2. The standard InChI is InChI=1S/C14H16F2N4O/c1-8-4-10(3)20(19-8)7-9(2)18-14(21)13-12(16)5-11(15)6-17-13/h4-6,9H,7H2,1-3H3,(H,18,21). The average molecular weight is 294 g/mol. The summed E-state index contributed by atoms with van der Waals surface area (Å²) in [6.45, 7) is 6.02. The second-order valence-corrected chi connectivity index (χ2v) is 4.97. The highest BCUT2D eigenvalue weighted by Crippen LogP contribution is 2.07. The van der Waals surface area contributed by atoms with Gasteiger partial charge in [-0.2, -0.15) is 5.10 Å². The van der Waals surface area contributed by atoms with Gasteiger partial charge in [-0.15, -0.1) is 0 Å². The molecular weight excluding hydrogens is 278 g/mol. The molecule has 21 heavy (non-hydrogen) atoms. The molecule has 0 bridgehead atoms. The van der Waals surface area contributed by atoms with Crippen LogP contribution in [0.5, 0.6) is 0 Å². The molecule has 7 heteroatoms. The second-order valence-electron chi connectivity index (χ2n) is 4.97. The summed E-state index contributed by atoms with van der Waals surface area (Å²) < 4.78 is 28.0. The summed E-state index contributed by atoms with van der Waals surface area (Å²) in [5.41, 5.74) is 1.44. The predicted octanol–water partition coefficient (Wildman–Crippen LogP) is 1.99. The summed E-state index contributed by atoms with van der Waals surface area (Å²) >= 11 is 0. The van der Waals surface area contributed by atoms with Gasteiger partial charge >= 0.3 is 0 Å². The summed E-state index contributed by atoms with van der Waals surface area (Å²) in [5.74, 6) is -2.48. The van der Waals surface area contributed by atoms with E-state index < -0.39 is 23.2 Å². The van der Waals surface area contributed by atoms with Gasteiger partial charge in [-0.05, 0) is 26.8 Å². The summed E-state index contributed by atoms with van der Waals surface area (Å²) in [6.07, 6.45) is 0.809. The smallest absolute Gasteiger partial charge is 0.273 e. The lowest BCUT2D eigenvalue weighted by atomic mass is 10.2. The molecule has 1 unspecified atom stereocenters. The largest absolute Gasteiger partial charge is 0.346 e. The molecule has 0 fully saturated rings. The molecule has 2 aromatic heterocycles. The normalized spacial score (nSPS) is 12.2. The SMILES string of the molecule is Cc1cc(C)n(CC(C)NC(=O)c2ncc(F)cc2F)n1. The van der Waals surface area contributed by atoms with Crippen LogP contribution in [0.25, 0.3) is 0 Å². The van der Waals surface area contributed by atoms with E-state index in [0.717, 1.165) is 17.6 Å². The van der Waals surface area contributed by atoms with E-state index in [-0.39, 0.29) is 6.04 Å². The maximum absolute atomic E-state index is 13.5. The van der Waals surface area contributed by atoms with Gasteiger partial charge in [-0.25, -0.2) is 13.8 Å². The number of hydrogen-bond acceptors (Lipinski definition) is 3. The molecule has 1 atom stereocenters. The van der Waals surface area contributed by atoms with Gasteiger partial charge in [0, 0.05) is 17.8 Å². The number of aromatic nitrogens is 3. The molecule has 0 saturated carbocycles. The number of nitrogens with one attached hydrogen (secondary N) is 1. The fourth-order valence-corrected chi connectivity index (χ4v) is 2.04. The summed E-state index contributed by atoms with van der Waals surface area (Å²) in [5, 5.41) is 6.90. The Kier molecular flexibility index (Phi) is 4.30. The quantitative estimate of drug-likeness (QED) is 0.938. The topological polar surface area (TPSA) is 59.8 Å². The monoisotopic (exact) mass is 294 g/mol. The lowest BCUT2D eigenvalue weighted by Gasteiger charge is -2.15. The molecule has 2 aromatic rings. The molecule has 1 amide bonds. The molecule has 0 radical (unpaired) electrons. The van der Waals surface area contributed by atoms with E-state index in [2.05, 4.69) is 15.4 Å². The van der Waals surface area contributed by atoms with Crippen molar-refractivity contribution in [2.24, 2.45) is 0 Å². The van der Waals surface area contributed by atoms with Crippen LogP contribution >= 0.6 is 0 Å². The highest BCUT2D eigenvalue weighted by Gasteiger charge is 2.17. The van der Waals surface area contributed by atoms with E-state index in [4.69, 9.17) is 0 Å². The Morgan fingerprint density at radius 2 is 2.10 bits per heavy atom. The number of carbonyl (C=O) groups excluding carboxylic acids is 1. The molecule has 2 heterocycles. The highest BCUT2D eigenvalue weighted by atomic mass is 19.1. The molecule has 0 aromatic carbocycles. The van der Waals surface area contributed by atoms with Crippen LogP contribution in [0.2, 0.25) is 0 Å². The van der Waals surface area contributed by atoms with E-state index in [1.54, 1.807) is 11.6 Å². The van der Waals surface area contributed by atoms with Crippen molar-refractivity contribution in [2.75, 3.05) is 0 Å². The summed E-state index contributed by atoms with van der Waals surface area (Å²) in [4.78, 5) is 15.4. The van der Waals surface area contributed by atoms with E-state index in [1.807, 2.05) is 19.9 Å². The molecular formula is C14H16F2N4O. The zero-order valence-electron chi connectivity index (χ0n) is 12.0. The molecule has 0 saturated heterocycles. The number of aryl methyl sites for hydroxylation is 2. The number of rotatable bonds is 4. The zero-order valence-corrected chi connectivity index (χ0v) is 12.0. The maximum atomic E-state index is 13.5. The minimum absolute atomic E-state index is 0.276. The fourth-order valence-electron chi connectivity index (χ4n) is 2.04. The molecule has 0 aliphatic rings. The second kappa shape index (κ2) is 5.99. The lowest BCUT2D eigenvalue weighted by Crippen LogP contribution is -2.37. The van der Waals surface area contributed by atoms with Crippen LogP contribution in [0.4, 0.5) is 8.78 Å². The summed E-state index contributed by atoms with van der Waals surface area (Å²) in [7, 11) is 0. The van der Waals surface area contributed by atoms with E-state index in [1.165, 1.54) is 0 Å². The number of pyridine rings is 1. The minimum atomic E-state index is -0.981. The van der Waals surface area contributed by atoms with Gasteiger partial charge in [0.05, 0.1) is 18.4 Å². The molecule has 0 aliphatic carbocycles. The predicted molar refractivity (Wildman–Crippen MR) is 72.8 cm³/mol. The number of nitrogens with zero attached hydrogens (tertiary/aromatic N) is 3. The van der Waals surface area contributed by atoms with Crippen molar-refractivity contribution in [2.45, 2.75) is 33.4 Å². The number of hydrogen-bond donors (Lipinski definition) is 1. The van der Waals surface area contributed by atoms with Crippen molar-refractivity contribution >= 4 is 5.91 Å². The van der Waals surface area contributed by atoms with Crippen molar-refractivity contribution in [1.29, 1.82) is 0 Å². The van der Waals surface area contributed by atoms with E-state index in [0.29, 0.717) is 12.6 Å². The third-order valence-electron chi connectivity index (χ3n) is 2.95. The highest BCUT2D eigenvalue weighted by molar-refractivity contribution is 5.92. The van der Waals surface area contributed by atoms with Crippen LogP contribution in [0.1, 0.15) is 28.8 Å². The molecule has 2 rings (SSSR count). The van der Waals surface area contributed by atoms with Crippen molar-refractivity contribution in [3.63, 3.8) is 0 Å². The third kappa shape index (κ3) is 3.62. The van der Waals surface area contributed by atoms with Crippen molar-refractivity contribution < 1.29 is 13.6 Å². The number of carbonyl (C=O) groups is 1. The Morgan fingerprint density at radius 3 is 2.67 bits per heavy atom. The van der Waals surface area contributed by atoms with E-state index >= 15 is 0 Å². The van der Waals surface area contributed by atoms with Crippen LogP contribution < -0.4 is 5.32 Å². The molecule has 0 spiro atoms. The summed E-state index contributed by atoms with van der Waals surface area (Å²) in [6, 6.07) is 2.28. The maximum Gasteiger partial charge on any atom is 0.273 e. The molecule has 0 aliphatic heterocycles. The Hall–Kier alpha value is -2.31. The first-order valence-electron chi connectivity index (χ1n) is 6.49. The third-order valence-corrected chi connectivity index (χ3v) is 2.95. The zero-order chi connectivity index (χ0) is 15.6. The molecule has 112 valence electrons. The average Bonchev–Trinajstić information content (AvgIpc) is 2.67. The minimum Gasteiger partial charge on any atom is -0.346 e. The van der Waals surface area contributed by atoms with Gasteiger partial charge in [-0.1, -0.05) is 0 Å². The van der Waals surface area contributed by atoms with Crippen LogP contribution in [0, 0.1) is 25.5 Å².